The number of aliphatic imine (C=N–C) groups is 1. The number of carbonyl (C=O) groups is 9. The molecule has 0 bridgehead atoms. The molecular formula is C33H56N12O11S2. The van der Waals surface area contributed by atoms with E-state index in [1.54, 1.807) is 11.8 Å². The summed E-state index contributed by atoms with van der Waals surface area (Å²) in [5, 5.41) is 33.5. The van der Waals surface area contributed by atoms with Crippen LogP contribution < -0.4 is 49.1 Å². The molecule has 2 aliphatic rings. The third-order valence-corrected chi connectivity index (χ3v) is 10.2. The molecule has 0 aromatic carbocycles. The van der Waals surface area contributed by atoms with E-state index in [4.69, 9.17) is 17.2 Å². The number of carbonyl (C=O) groups excluding carboxylic acids is 8. The Kier molecular flexibility index (Phi) is 21.6. The second-order valence-corrected chi connectivity index (χ2v) is 14.8. The second-order valence-electron chi connectivity index (χ2n) is 13.4. The van der Waals surface area contributed by atoms with E-state index in [9.17, 15) is 53.4 Å². The van der Waals surface area contributed by atoms with Crippen LogP contribution in [0.2, 0.25) is 0 Å². The first-order chi connectivity index (χ1) is 27.5. The maximum absolute atomic E-state index is 13.2. The third-order valence-electron chi connectivity index (χ3n) is 9.16. The molecule has 2 heterocycles. The van der Waals surface area contributed by atoms with E-state index in [0.29, 0.717) is 38.0 Å². The first-order valence-corrected chi connectivity index (χ1v) is 20.6. The van der Waals surface area contributed by atoms with Gasteiger partial charge < -0.3 is 69.1 Å². The number of aliphatic carboxylic acids is 1. The van der Waals surface area contributed by atoms with Crippen molar-refractivity contribution in [3.05, 3.63) is 0 Å². The minimum Gasteiger partial charge on any atom is -0.480 e. The zero-order chi connectivity index (χ0) is 43.4. The summed E-state index contributed by atoms with van der Waals surface area (Å²) in [6.07, 6.45) is 4.21. The van der Waals surface area contributed by atoms with Gasteiger partial charge >= 0.3 is 5.97 Å². The van der Waals surface area contributed by atoms with E-state index in [1.165, 1.54) is 4.90 Å². The fourth-order valence-corrected chi connectivity index (χ4v) is 6.82. The van der Waals surface area contributed by atoms with Gasteiger partial charge in [-0.05, 0) is 57.0 Å². The number of aliphatic hydroxyl groups excluding tert-OH is 1. The lowest BCUT2D eigenvalue weighted by Crippen LogP contribution is -2.59. The second kappa shape index (κ2) is 25.5. The van der Waals surface area contributed by atoms with Crippen LogP contribution in [0, 0.1) is 0 Å². The number of nitrogens with one attached hydrogen (secondary N) is 6. The van der Waals surface area contributed by atoms with Crippen molar-refractivity contribution in [2.24, 2.45) is 22.2 Å². The molecule has 0 saturated carbocycles. The van der Waals surface area contributed by atoms with Crippen LogP contribution in [0.4, 0.5) is 0 Å². The van der Waals surface area contributed by atoms with Gasteiger partial charge in [0.2, 0.25) is 47.3 Å². The summed E-state index contributed by atoms with van der Waals surface area (Å²) < 4.78 is 0. The van der Waals surface area contributed by atoms with Crippen molar-refractivity contribution in [3.8, 4) is 0 Å². The van der Waals surface area contributed by atoms with E-state index in [-0.39, 0.29) is 50.0 Å². The fourth-order valence-electron chi connectivity index (χ4n) is 6.07. The van der Waals surface area contributed by atoms with Gasteiger partial charge in [0.25, 0.3) is 0 Å². The third kappa shape index (κ3) is 16.2. The summed E-state index contributed by atoms with van der Waals surface area (Å²) in [6.45, 7) is -1.97. The molecule has 0 radical (unpaired) electrons. The highest BCUT2D eigenvalue weighted by Gasteiger charge is 2.37. The Hall–Kier alpha value is -4.88. The lowest BCUT2D eigenvalue weighted by Gasteiger charge is -2.26. The summed E-state index contributed by atoms with van der Waals surface area (Å²) >= 11 is 5.62. The molecule has 2 fully saturated rings. The van der Waals surface area contributed by atoms with Crippen molar-refractivity contribution in [1.29, 1.82) is 0 Å². The Labute approximate surface area is 344 Å². The predicted molar refractivity (Wildman–Crippen MR) is 214 cm³/mol. The Morgan fingerprint density at radius 1 is 0.793 bits per heavy atom. The van der Waals surface area contributed by atoms with Crippen LogP contribution in [0.5, 0.6) is 0 Å². The molecule has 0 aromatic heterocycles. The van der Waals surface area contributed by atoms with Gasteiger partial charge in [0.1, 0.15) is 30.2 Å². The van der Waals surface area contributed by atoms with Crippen molar-refractivity contribution < 1.29 is 53.4 Å². The molecule has 0 aliphatic carbocycles. The topological polar surface area (TPSA) is 363 Å². The van der Waals surface area contributed by atoms with Gasteiger partial charge in [-0.15, -0.1) is 0 Å². The molecule has 2 aliphatic heterocycles. The molecule has 14 N–H and O–H groups in total. The number of aliphatic hydroxyl groups is 1. The summed E-state index contributed by atoms with van der Waals surface area (Å²) in [6, 6.07) is -6.84. The van der Waals surface area contributed by atoms with Gasteiger partial charge in [-0.25, -0.2) is 4.79 Å². The number of amides is 8. The van der Waals surface area contributed by atoms with Gasteiger partial charge in [0.05, 0.1) is 32.3 Å². The summed E-state index contributed by atoms with van der Waals surface area (Å²) in [4.78, 5) is 120. The van der Waals surface area contributed by atoms with Crippen LogP contribution in [0.1, 0.15) is 44.9 Å². The largest absolute Gasteiger partial charge is 0.480 e. The molecule has 6 atom stereocenters. The Balaban J connectivity index is 1.91. The molecule has 0 aromatic rings. The van der Waals surface area contributed by atoms with Crippen LogP contribution in [-0.4, -0.2) is 179 Å². The standard InChI is InChI=1S/C33H56N12O11S2/c1-58-12-8-18(34)31(54)45-11-3-6-22(45)30(53)39-13-24(47)38-14-25(48)41-21(17-57)29(52)43-20(16-46)28(51)42-19(5-2-9-37-33(35)36)27(50)40-15-26(49)44-10-4-7-23(44)32(55)56/h18-23,46,57H,2-17,34H2,1H3,(H,38,47)(H,39,53)(H,40,50)(H,41,48)(H,42,51)(H,43,52)(H,55,56)(H4,35,36,37)/t18-,19-,20-,21-,22-,23-/m0/s1. The molecule has 2 rings (SSSR count). The van der Waals surface area contributed by atoms with E-state index in [2.05, 4.69) is 49.5 Å². The highest BCUT2D eigenvalue weighted by molar-refractivity contribution is 7.98. The van der Waals surface area contributed by atoms with Gasteiger partial charge in [-0.1, -0.05) is 0 Å². The number of hydrogen-bond donors (Lipinski definition) is 12. The minimum atomic E-state index is -1.62. The van der Waals surface area contributed by atoms with Gasteiger partial charge in [-0.2, -0.15) is 24.4 Å². The Morgan fingerprint density at radius 3 is 2.03 bits per heavy atom. The zero-order valence-electron chi connectivity index (χ0n) is 32.3. The summed E-state index contributed by atoms with van der Waals surface area (Å²) in [7, 11) is 0. The minimum absolute atomic E-state index is 0.0489. The van der Waals surface area contributed by atoms with Crippen LogP contribution in [0.25, 0.3) is 0 Å². The van der Waals surface area contributed by atoms with Crippen molar-refractivity contribution in [2.45, 2.75) is 81.2 Å². The van der Waals surface area contributed by atoms with Gasteiger partial charge in [0.15, 0.2) is 5.96 Å². The molecule has 2 saturated heterocycles. The highest BCUT2D eigenvalue weighted by atomic mass is 32.2. The van der Waals surface area contributed by atoms with Crippen LogP contribution >= 0.6 is 24.4 Å². The average molecular weight is 861 g/mol. The first-order valence-electron chi connectivity index (χ1n) is 18.6. The monoisotopic (exact) mass is 860 g/mol. The molecule has 326 valence electrons. The number of carboxylic acid groups (broad SMARTS) is 1. The first kappa shape index (κ1) is 49.3. The maximum atomic E-state index is 13.2. The predicted octanol–water partition coefficient (Wildman–Crippen LogP) is -6.09. The number of guanidine groups is 1. The number of thiol groups is 1. The van der Waals surface area contributed by atoms with Crippen LogP contribution in [0.3, 0.4) is 0 Å². The quantitative estimate of drug-likeness (QED) is 0.0186. The SMILES string of the molecule is CSCC[C@H](N)C(=O)N1CCC[C@H]1C(=O)NCC(=O)NCC(=O)N[C@@H](CS)C(=O)N[C@@H](CO)C(=O)N[C@@H](CCCN=C(N)N)C(=O)NCC(=O)N1CCC[C@H]1C(=O)O. The van der Waals surface area contributed by atoms with Crippen LogP contribution in [0.15, 0.2) is 4.99 Å². The molecule has 58 heavy (non-hydrogen) atoms. The molecule has 8 amide bonds. The van der Waals surface area contributed by atoms with E-state index in [1.807, 2.05) is 6.26 Å². The fraction of sp³-hybridized carbons (Fsp3) is 0.697. The van der Waals surface area contributed by atoms with E-state index in [0.717, 1.165) is 4.90 Å². The number of likely N-dealkylation sites (tertiary alicyclic amines) is 2. The molecular weight excluding hydrogens is 805 g/mol. The molecule has 0 spiro atoms. The summed E-state index contributed by atoms with van der Waals surface area (Å²) in [5.41, 5.74) is 16.7. The van der Waals surface area contributed by atoms with Crippen molar-refractivity contribution in [3.63, 3.8) is 0 Å². The Bertz CT molecular complexity index is 1520. The summed E-state index contributed by atoms with van der Waals surface area (Å²) in [5.74, 6) is -6.83. The number of thioether (sulfide) groups is 1. The molecule has 23 nitrogen and oxygen atoms in total. The van der Waals surface area contributed by atoms with Crippen molar-refractivity contribution in [2.75, 3.05) is 63.6 Å². The van der Waals surface area contributed by atoms with Gasteiger partial charge in [0, 0.05) is 25.4 Å². The maximum Gasteiger partial charge on any atom is 0.326 e. The van der Waals surface area contributed by atoms with Crippen LogP contribution in [-0.2, 0) is 43.2 Å². The van der Waals surface area contributed by atoms with Crippen molar-refractivity contribution >= 4 is 83.6 Å². The average Bonchev–Trinajstić information content (AvgIpc) is 3.90. The molecule has 25 heteroatoms. The lowest BCUT2D eigenvalue weighted by molar-refractivity contribution is -0.148. The number of hydrogen-bond acceptors (Lipinski definition) is 14. The number of nitrogens with zero attached hydrogens (tertiary/aromatic N) is 3. The zero-order valence-corrected chi connectivity index (χ0v) is 34.0. The van der Waals surface area contributed by atoms with Crippen molar-refractivity contribution in [1.82, 2.24) is 41.7 Å². The molecule has 0 unspecified atom stereocenters. The normalized spacial score (nSPS) is 18.1. The number of carboxylic acids is 1. The smallest absolute Gasteiger partial charge is 0.326 e. The number of rotatable bonds is 24. The van der Waals surface area contributed by atoms with E-state index < -0.39 is 110 Å². The number of nitrogens with two attached hydrogens (primary N) is 3. The van der Waals surface area contributed by atoms with Gasteiger partial charge in [-0.3, -0.25) is 43.3 Å². The Morgan fingerprint density at radius 2 is 1.41 bits per heavy atom. The van der Waals surface area contributed by atoms with E-state index >= 15 is 0 Å². The highest BCUT2D eigenvalue weighted by Crippen LogP contribution is 2.19. The lowest BCUT2D eigenvalue weighted by atomic mass is 10.1.